The summed E-state index contributed by atoms with van der Waals surface area (Å²) in [5.41, 5.74) is 0. The molecule has 1 aliphatic heterocycles. The molecule has 160 valence electrons. The Morgan fingerprint density at radius 1 is 1.11 bits per heavy atom. The van der Waals surface area contributed by atoms with E-state index in [4.69, 9.17) is 9.73 Å². The van der Waals surface area contributed by atoms with Gasteiger partial charge in [0.2, 0.25) is 0 Å². The molecule has 2 unspecified atom stereocenters. The first-order valence-electron chi connectivity index (χ1n) is 11.1. The zero-order chi connectivity index (χ0) is 20.1. The number of guanidine groups is 1. The molecule has 1 aliphatic rings. The van der Waals surface area contributed by atoms with E-state index in [2.05, 4.69) is 62.0 Å². The summed E-state index contributed by atoms with van der Waals surface area (Å²) in [6, 6.07) is 0.904. The second-order valence-electron chi connectivity index (χ2n) is 7.89. The Morgan fingerprint density at radius 3 is 2.33 bits per heavy atom. The average molecular weight is 384 g/mol. The highest BCUT2D eigenvalue weighted by atomic mass is 16.5. The molecule has 6 nitrogen and oxygen atoms in total. The van der Waals surface area contributed by atoms with Crippen LogP contribution in [0.4, 0.5) is 0 Å². The standard InChI is InChI=1S/C21H45N5O/c1-7-22-21(24-19(6)11-10-12-25(8-2)9-3)23-17-20(18(4)5)26-13-15-27-16-14-26/h18-20H,7-17H2,1-6H3,(H2,22,23,24). The number of nitrogens with one attached hydrogen (secondary N) is 2. The predicted octanol–water partition coefficient (Wildman–Crippen LogP) is 2.41. The van der Waals surface area contributed by atoms with E-state index in [1.807, 2.05) is 0 Å². The van der Waals surface area contributed by atoms with Crippen LogP contribution in [0.5, 0.6) is 0 Å². The fraction of sp³-hybridized carbons (Fsp3) is 0.952. The van der Waals surface area contributed by atoms with Gasteiger partial charge < -0.3 is 20.3 Å². The number of ether oxygens (including phenoxy) is 1. The van der Waals surface area contributed by atoms with Crippen LogP contribution in [-0.4, -0.2) is 86.9 Å². The minimum Gasteiger partial charge on any atom is -0.379 e. The van der Waals surface area contributed by atoms with Gasteiger partial charge in [0.05, 0.1) is 19.8 Å². The molecule has 0 spiro atoms. The Hall–Kier alpha value is -0.850. The molecule has 0 radical (unpaired) electrons. The van der Waals surface area contributed by atoms with Gasteiger partial charge in [0.25, 0.3) is 0 Å². The van der Waals surface area contributed by atoms with Crippen molar-refractivity contribution in [3.05, 3.63) is 0 Å². The van der Waals surface area contributed by atoms with Gasteiger partial charge in [-0.1, -0.05) is 27.7 Å². The summed E-state index contributed by atoms with van der Waals surface area (Å²) in [6.45, 7) is 22.4. The van der Waals surface area contributed by atoms with Crippen LogP contribution in [-0.2, 0) is 4.74 Å². The van der Waals surface area contributed by atoms with Crippen LogP contribution < -0.4 is 10.6 Å². The van der Waals surface area contributed by atoms with Crippen molar-refractivity contribution >= 4 is 5.96 Å². The van der Waals surface area contributed by atoms with Crippen molar-refractivity contribution in [1.82, 2.24) is 20.4 Å². The molecule has 0 saturated carbocycles. The molecule has 0 amide bonds. The van der Waals surface area contributed by atoms with Crippen LogP contribution in [0.15, 0.2) is 4.99 Å². The molecule has 2 N–H and O–H groups in total. The smallest absolute Gasteiger partial charge is 0.191 e. The highest BCUT2D eigenvalue weighted by Gasteiger charge is 2.23. The number of aliphatic imine (C=N–C) groups is 1. The molecule has 2 atom stereocenters. The maximum absolute atomic E-state index is 5.51. The second kappa shape index (κ2) is 14.2. The summed E-state index contributed by atoms with van der Waals surface area (Å²) in [7, 11) is 0. The van der Waals surface area contributed by atoms with E-state index < -0.39 is 0 Å². The van der Waals surface area contributed by atoms with E-state index in [1.165, 1.54) is 13.0 Å². The third-order valence-electron chi connectivity index (χ3n) is 5.45. The quantitative estimate of drug-likeness (QED) is 0.400. The van der Waals surface area contributed by atoms with Gasteiger partial charge in [0, 0.05) is 31.7 Å². The molecule has 27 heavy (non-hydrogen) atoms. The van der Waals surface area contributed by atoms with Crippen LogP contribution >= 0.6 is 0 Å². The van der Waals surface area contributed by atoms with E-state index in [9.17, 15) is 0 Å². The van der Waals surface area contributed by atoms with Gasteiger partial charge in [-0.05, 0) is 52.2 Å². The SMILES string of the molecule is CCNC(=NCC(C(C)C)N1CCOCC1)NC(C)CCCN(CC)CC. The van der Waals surface area contributed by atoms with Gasteiger partial charge in [-0.15, -0.1) is 0 Å². The van der Waals surface area contributed by atoms with E-state index >= 15 is 0 Å². The lowest BCUT2D eigenvalue weighted by Crippen LogP contribution is -2.48. The van der Waals surface area contributed by atoms with Crippen molar-refractivity contribution in [3.8, 4) is 0 Å². The zero-order valence-electron chi connectivity index (χ0n) is 18.8. The summed E-state index contributed by atoms with van der Waals surface area (Å²) in [5.74, 6) is 1.54. The number of hydrogen-bond donors (Lipinski definition) is 2. The van der Waals surface area contributed by atoms with Crippen molar-refractivity contribution in [2.75, 3.05) is 59.0 Å². The van der Waals surface area contributed by atoms with E-state index in [1.54, 1.807) is 0 Å². The molecule has 0 aromatic rings. The van der Waals surface area contributed by atoms with Gasteiger partial charge in [0.1, 0.15) is 0 Å². The molecule has 0 aromatic carbocycles. The van der Waals surface area contributed by atoms with Crippen molar-refractivity contribution in [2.45, 2.75) is 66.5 Å². The maximum Gasteiger partial charge on any atom is 0.191 e. The van der Waals surface area contributed by atoms with Gasteiger partial charge in [-0.2, -0.15) is 0 Å². The Bertz CT molecular complexity index is 392. The third-order valence-corrected chi connectivity index (χ3v) is 5.45. The summed E-state index contributed by atoms with van der Waals surface area (Å²) >= 11 is 0. The molecule has 0 aliphatic carbocycles. The Morgan fingerprint density at radius 2 is 1.78 bits per heavy atom. The van der Waals surface area contributed by atoms with Gasteiger partial charge in [0.15, 0.2) is 5.96 Å². The number of hydrogen-bond acceptors (Lipinski definition) is 4. The zero-order valence-corrected chi connectivity index (χ0v) is 18.8. The Labute approximate surface area is 168 Å². The normalized spacial score (nSPS) is 18.7. The van der Waals surface area contributed by atoms with Crippen molar-refractivity contribution < 1.29 is 4.74 Å². The molecule has 0 aromatic heterocycles. The van der Waals surface area contributed by atoms with Gasteiger partial charge in [-0.25, -0.2) is 0 Å². The summed E-state index contributed by atoms with van der Waals surface area (Å²) in [5, 5.41) is 7.02. The lowest BCUT2D eigenvalue weighted by Gasteiger charge is -2.36. The fourth-order valence-electron chi connectivity index (χ4n) is 3.63. The number of rotatable bonds is 12. The summed E-state index contributed by atoms with van der Waals surface area (Å²) in [4.78, 5) is 9.95. The molecule has 6 heteroatoms. The minimum atomic E-state index is 0.430. The first kappa shape index (κ1) is 24.2. The highest BCUT2D eigenvalue weighted by Crippen LogP contribution is 2.13. The van der Waals surface area contributed by atoms with E-state index in [-0.39, 0.29) is 0 Å². The minimum absolute atomic E-state index is 0.430. The van der Waals surface area contributed by atoms with Crippen LogP contribution in [0.2, 0.25) is 0 Å². The lowest BCUT2D eigenvalue weighted by molar-refractivity contribution is 0.00867. The summed E-state index contributed by atoms with van der Waals surface area (Å²) in [6.07, 6.45) is 2.38. The Balaban J connectivity index is 2.53. The molecular weight excluding hydrogens is 338 g/mol. The Kier molecular flexibility index (Phi) is 12.7. The lowest BCUT2D eigenvalue weighted by atomic mass is 10.0. The van der Waals surface area contributed by atoms with E-state index in [0.717, 1.165) is 64.9 Å². The maximum atomic E-state index is 5.51. The third kappa shape index (κ3) is 9.77. The molecule has 1 fully saturated rings. The number of nitrogens with zero attached hydrogens (tertiary/aromatic N) is 3. The van der Waals surface area contributed by atoms with Crippen LogP contribution in [0.1, 0.15) is 54.4 Å². The topological polar surface area (TPSA) is 52.1 Å². The largest absolute Gasteiger partial charge is 0.379 e. The second-order valence-corrected chi connectivity index (χ2v) is 7.89. The van der Waals surface area contributed by atoms with E-state index in [0.29, 0.717) is 18.0 Å². The molecule has 1 heterocycles. The number of morpholine rings is 1. The van der Waals surface area contributed by atoms with Crippen molar-refractivity contribution in [2.24, 2.45) is 10.9 Å². The monoisotopic (exact) mass is 383 g/mol. The van der Waals surface area contributed by atoms with Crippen LogP contribution in [0, 0.1) is 5.92 Å². The summed E-state index contributed by atoms with van der Waals surface area (Å²) < 4.78 is 5.51. The predicted molar refractivity (Wildman–Crippen MR) is 117 cm³/mol. The van der Waals surface area contributed by atoms with Crippen molar-refractivity contribution in [3.63, 3.8) is 0 Å². The molecule has 1 saturated heterocycles. The molecule has 0 bridgehead atoms. The fourth-order valence-corrected chi connectivity index (χ4v) is 3.63. The van der Waals surface area contributed by atoms with Crippen LogP contribution in [0.3, 0.4) is 0 Å². The van der Waals surface area contributed by atoms with Crippen LogP contribution in [0.25, 0.3) is 0 Å². The first-order valence-corrected chi connectivity index (χ1v) is 11.1. The van der Waals surface area contributed by atoms with Gasteiger partial charge >= 0.3 is 0 Å². The molecule has 1 rings (SSSR count). The first-order chi connectivity index (χ1) is 13.0. The van der Waals surface area contributed by atoms with Crippen molar-refractivity contribution in [1.29, 1.82) is 0 Å². The average Bonchev–Trinajstić information content (AvgIpc) is 2.66. The highest BCUT2D eigenvalue weighted by molar-refractivity contribution is 5.80. The molecular formula is C21H45N5O. The van der Waals surface area contributed by atoms with Gasteiger partial charge in [-0.3, -0.25) is 9.89 Å².